The van der Waals surface area contributed by atoms with E-state index in [0.29, 0.717) is 44.4 Å². The number of halogens is 5. The van der Waals surface area contributed by atoms with Gasteiger partial charge < -0.3 is 64.8 Å². The van der Waals surface area contributed by atoms with Crippen molar-refractivity contribution >= 4 is 70.9 Å². The third-order valence-corrected chi connectivity index (χ3v) is 23.7. The smallest absolute Gasteiger partial charge is 0.379 e. The molecule has 7 aliphatic rings. The summed E-state index contributed by atoms with van der Waals surface area (Å²) in [6.45, 7) is 11.3. The minimum Gasteiger partial charge on any atom is -0.379 e. The highest BCUT2D eigenvalue weighted by atomic mass is 19.4. The Bertz CT molecular complexity index is 3140. The number of likely N-dealkylation sites (N-methyl/N-ethyl adjacent to an activating group) is 7. The highest BCUT2D eigenvalue weighted by Crippen LogP contribution is 2.50. The lowest BCUT2D eigenvalue weighted by Gasteiger charge is -2.54. The average Bonchev–Trinajstić information content (AvgIpc) is 1.29. The fourth-order valence-corrected chi connectivity index (χ4v) is 17.4. The number of carbonyl (C=O) groups is 12. The predicted molar refractivity (Wildman–Crippen MR) is 381 cm³/mol. The highest BCUT2D eigenvalue weighted by molar-refractivity contribution is 6.01. The Labute approximate surface area is 616 Å². The molecule has 0 aromatic carbocycles. The SMILES string of the molecule is CCOC[C@H]1C(=O)N[C@@H]([C@@H](C)CC)C(=O)N(C)CC(=O)N(C)[C@H]2C/C=C\CCN(C2=O)[C@@H](CC2CCC(C)CC2)C(=O)N(C)CC(=O)N[C@@H](CCC2CC(F)C(C(F)(F)F)C(F)C2)C(=O)N2C[C@@H](C)C[C@H]2C(=O)NC2(CC(C)(C)C2)C(=O)N(C)[C@@H](C2CCCC2)C(=O)N(C)[C@H](C(=O)N(C)C)CC(=O)N1C. The number of nitrogens with zero attached hydrogens (tertiary/aromatic N) is 9. The second kappa shape index (κ2) is 36.3. The largest absolute Gasteiger partial charge is 0.397 e. The van der Waals surface area contributed by atoms with Crippen molar-refractivity contribution < 1.29 is 84.2 Å². The Kier molecular flexibility index (Phi) is 29.4. The molecule has 3 heterocycles. The van der Waals surface area contributed by atoms with Gasteiger partial charge in [0.05, 0.1) is 26.1 Å². The molecular formula is C75H119F5N12O13. The van der Waals surface area contributed by atoms with Gasteiger partial charge >= 0.3 is 6.18 Å². The zero-order chi connectivity index (χ0) is 78.1. The molecule has 2 bridgehead atoms. The van der Waals surface area contributed by atoms with Crippen molar-refractivity contribution in [2.24, 2.45) is 46.8 Å². The summed E-state index contributed by atoms with van der Waals surface area (Å²) in [7, 11) is 11.2. The molecule has 4 saturated carbocycles. The molecule has 1 spiro atoms. The van der Waals surface area contributed by atoms with Crippen LogP contribution in [0.3, 0.4) is 0 Å². The maximum absolute atomic E-state index is 15.7. The number of fused-ring (bicyclic) bond motifs is 3. The average molecular weight is 1490 g/mol. The lowest BCUT2D eigenvalue weighted by atomic mass is 9.58. The van der Waals surface area contributed by atoms with Gasteiger partial charge in [-0.2, -0.15) is 13.2 Å². The van der Waals surface area contributed by atoms with Gasteiger partial charge in [0.25, 0.3) is 0 Å². The Morgan fingerprint density at radius 2 is 1.29 bits per heavy atom. The summed E-state index contributed by atoms with van der Waals surface area (Å²) in [5.74, 6) is -13.5. The number of nitrogens with one attached hydrogen (secondary N) is 3. The maximum Gasteiger partial charge on any atom is 0.397 e. The van der Waals surface area contributed by atoms with E-state index in [2.05, 4.69) is 22.9 Å². The van der Waals surface area contributed by atoms with Crippen molar-refractivity contribution in [2.45, 2.75) is 249 Å². The topological polar surface area (TPSA) is 279 Å². The molecular weight excluding hydrogens is 1370 g/mol. The third-order valence-electron chi connectivity index (χ3n) is 23.7. The number of rotatable bonds is 12. The molecule has 592 valence electrons. The van der Waals surface area contributed by atoms with E-state index in [1.807, 2.05) is 19.9 Å². The molecule has 0 radical (unpaired) electrons. The minimum atomic E-state index is -5.17. The Morgan fingerprint density at radius 3 is 1.87 bits per heavy atom. The quantitative estimate of drug-likeness (QED) is 0.157. The first-order chi connectivity index (χ1) is 49.2. The molecule has 2 unspecified atom stereocenters. The standard InChI is InChI=1S/C75H119F5N12O13/c1-16-46(5)62-70(102)86(11)40-60(95)87(12)53-25-19-18-22-32-91(69(53)101)56(36-47-28-26-44(3)27-29-47)68(100)85(10)39-58(93)81-52(31-30-48-34-50(76)61(51(77)35-48)75(78,79)80)66(98)92-38-45(4)33-54(92)65(97)83-74(42-73(6,7)43-74)72(104)90(15)63(49-23-20-21-24-49)71(103)89(14)55(67(99)84(8)9)37-59(94)88(13)57(41-105-17-2)64(96)82-62/h18-19,44-57,61-63H,16-17,20-43H2,1-15H3,(H,81,93)(H,82,96)(H,83,97)/b19-18-/t44?,45-,46-,47?,48?,50?,51?,52-,53-,54-,55-,56-,57-,61?,62-,63-/m0/s1. The van der Waals surface area contributed by atoms with Gasteiger partial charge in [-0.1, -0.05) is 98.6 Å². The van der Waals surface area contributed by atoms with Crippen LogP contribution >= 0.6 is 0 Å². The number of alkyl halides is 5. The number of amides is 12. The highest BCUT2D eigenvalue weighted by Gasteiger charge is 2.60. The molecule has 2 saturated heterocycles. The molecule has 3 N–H and O–H groups in total. The van der Waals surface area contributed by atoms with Gasteiger partial charge in [-0.25, -0.2) is 8.78 Å². The van der Waals surface area contributed by atoms with Crippen LogP contribution < -0.4 is 16.0 Å². The van der Waals surface area contributed by atoms with Gasteiger partial charge in [-0.3, -0.25) is 57.5 Å². The number of hydrogen-bond acceptors (Lipinski definition) is 13. The summed E-state index contributed by atoms with van der Waals surface area (Å²) in [5, 5.41) is 8.59. The van der Waals surface area contributed by atoms with Crippen LogP contribution in [0.1, 0.15) is 177 Å². The van der Waals surface area contributed by atoms with Crippen molar-refractivity contribution in [3.8, 4) is 0 Å². The molecule has 12 atom stereocenters. The van der Waals surface area contributed by atoms with Crippen molar-refractivity contribution in [2.75, 3.05) is 95.8 Å². The summed E-state index contributed by atoms with van der Waals surface area (Å²) in [5.41, 5.74) is -2.23. The lowest BCUT2D eigenvalue weighted by Crippen LogP contribution is -2.71. The fourth-order valence-electron chi connectivity index (χ4n) is 17.4. The van der Waals surface area contributed by atoms with Crippen LogP contribution in [0.25, 0.3) is 0 Å². The molecule has 25 nitrogen and oxygen atoms in total. The third kappa shape index (κ3) is 20.6. The van der Waals surface area contributed by atoms with Crippen LogP contribution in [0.5, 0.6) is 0 Å². The summed E-state index contributed by atoms with van der Waals surface area (Å²) < 4.78 is 78.6. The monoisotopic (exact) mass is 1490 g/mol. The van der Waals surface area contributed by atoms with Crippen molar-refractivity contribution in [3.63, 3.8) is 0 Å². The number of ether oxygens (including phenoxy) is 1. The first-order valence-electron chi connectivity index (χ1n) is 38.0. The molecule has 30 heteroatoms. The van der Waals surface area contributed by atoms with Gasteiger partial charge in [0.15, 0.2) is 0 Å². The van der Waals surface area contributed by atoms with E-state index in [4.69, 9.17) is 4.74 Å². The first kappa shape index (κ1) is 85.2. The maximum atomic E-state index is 15.7. The Hall–Kier alpha value is -7.01. The Balaban J connectivity index is 1.32. The molecule has 3 aliphatic heterocycles. The zero-order valence-electron chi connectivity index (χ0n) is 64.6. The van der Waals surface area contributed by atoms with Crippen LogP contribution in [0.15, 0.2) is 12.2 Å². The van der Waals surface area contributed by atoms with Crippen LogP contribution in [-0.4, -0.2) is 283 Å². The fraction of sp³-hybridized carbons (Fsp3) is 0.813. The van der Waals surface area contributed by atoms with Crippen LogP contribution in [-0.2, 0) is 62.3 Å². The van der Waals surface area contributed by atoms with E-state index in [9.17, 15) is 41.9 Å². The normalized spacial score (nSPS) is 32.8. The second-order valence-corrected chi connectivity index (χ2v) is 32.7. The van der Waals surface area contributed by atoms with Crippen molar-refractivity contribution in [1.82, 2.24) is 60.0 Å². The van der Waals surface area contributed by atoms with Crippen molar-refractivity contribution in [3.05, 3.63) is 12.2 Å². The van der Waals surface area contributed by atoms with Crippen LogP contribution in [0.2, 0.25) is 0 Å². The van der Waals surface area contributed by atoms with Crippen LogP contribution in [0, 0.1) is 46.8 Å². The summed E-state index contributed by atoms with van der Waals surface area (Å²) in [6, 6.07) is -10.7. The molecule has 12 amide bonds. The van der Waals surface area contributed by atoms with E-state index in [0.717, 1.165) is 45.3 Å². The van der Waals surface area contributed by atoms with E-state index >= 15 is 37.5 Å². The van der Waals surface area contributed by atoms with Crippen LogP contribution in [0.4, 0.5) is 22.0 Å². The summed E-state index contributed by atoms with van der Waals surface area (Å²) in [4.78, 5) is 192. The first-order valence-corrected chi connectivity index (χ1v) is 38.0. The van der Waals surface area contributed by atoms with Gasteiger partial charge in [-0.15, -0.1) is 0 Å². The van der Waals surface area contributed by atoms with Gasteiger partial charge in [-0.05, 0) is 125 Å². The minimum absolute atomic E-state index is 0.00988. The van der Waals surface area contributed by atoms with E-state index in [1.54, 1.807) is 33.8 Å². The lowest BCUT2D eigenvalue weighted by molar-refractivity contribution is -0.219. The predicted octanol–water partition coefficient (Wildman–Crippen LogP) is 5.67. The Morgan fingerprint density at radius 1 is 0.667 bits per heavy atom. The number of hydrogen-bond donors (Lipinski definition) is 3. The van der Waals surface area contributed by atoms with Gasteiger partial charge in [0, 0.05) is 76.1 Å². The zero-order valence-corrected chi connectivity index (χ0v) is 64.6. The second-order valence-electron chi connectivity index (χ2n) is 32.7. The van der Waals surface area contributed by atoms with E-state index < -0.39 is 205 Å². The molecule has 0 aromatic heterocycles. The molecule has 6 fully saturated rings. The van der Waals surface area contributed by atoms with E-state index in [1.165, 1.54) is 80.9 Å². The van der Waals surface area contributed by atoms with Crippen molar-refractivity contribution in [1.29, 1.82) is 0 Å². The molecule has 105 heavy (non-hydrogen) atoms. The molecule has 0 aromatic rings. The number of carbonyl (C=O) groups excluding carboxylic acids is 12. The van der Waals surface area contributed by atoms with Gasteiger partial charge in [0.1, 0.15) is 72.1 Å². The molecule has 7 rings (SSSR count). The van der Waals surface area contributed by atoms with Gasteiger partial charge in [0.2, 0.25) is 70.9 Å². The summed E-state index contributed by atoms with van der Waals surface area (Å²) in [6.07, 6.45) is -2.84. The summed E-state index contributed by atoms with van der Waals surface area (Å²) >= 11 is 0. The van der Waals surface area contributed by atoms with E-state index in [-0.39, 0.29) is 83.1 Å². The molecule has 4 aliphatic carbocycles.